The van der Waals surface area contributed by atoms with E-state index in [1.54, 1.807) is 0 Å². The monoisotopic (exact) mass is 180 g/mol. The Balaban J connectivity index is 3.08. The molecule has 0 heterocycles. The van der Waals surface area contributed by atoms with Crippen molar-refractivity contribution in [2.24, 2.45) is 0 Å². The summed E-state index contributed by atoms with van der Waals surface area (Å²) in [6.07, 6.45) is 1.13. The van der Waals surface area contributed by atoms with E-state index in [0.29, 0.717) is 19.4 Å². The molecule has 1 atom stereocenters. The van der Waals surface area contributed by atoms with Gasteiger partial charge in [0.05, 0.1) is 6.61 Å². The molecule has 0 aliphatic heterocycles. The van der Waals surface area contributed by atoms with Crippen LogP contribution >= 0.6 is 8.60 Å². The lowest BCUT2D eigenvalue weighted by Gasteiger charge is -2.05. The summed E-state index contributed by atoms with van der Waals surface area (Å²) in [5.74, 6) is 0.133. The van der Waals surface area contributed by atoms with E-state index in [1.807, 2.05) is 0 Å². The fourth-order valence-electron chi connectivity index (χ4n) is 0.516. The Morgan fingerprint density at radius 3 is 2.73 bits per heavy atom. The van der Waals surface area contributed by atoms with Crippen LogP contribution in [-0.2, 0) is 13.8 Å². The summed E-state index contributed by atoms with van der Waals surface area (Å²) >= 11 is 0. The first-order valence-electron chi connectivity index (χ1n) is 3.32. The van der Waals surface area contributed by atoms with Crippen molar-refractivity contribution >= 4 is 14.4 Å². The summed E-state index contributed by atoms with van der Waals surface area (Å²) < 4.78 is 9.26. The van der Waals surface area contributed by atoms with E-state index < -0.39 is 8.60 Å². The standard InChI is InChI=1S/C6H13O4P/c1-6(7)4-3-5-10-11(8)9-2/h8H,3-5H2,1-2H3. The number of hydrogen-bond donors (Lipinski definition) is 1. The molecule has 1 unspecified atom stereocenters. The maximum atomic E-state index is 10.4. The lowest BCUT2D eigenvalue weighted by Crippen LogP contribution is -1.95. The smallest absolute Gasteiger partial charge is 0.328 e. The summed E-state index contributed by atoms with van der Waals surface area (Å²) in [7, 11) is -0.349. The van der Waals surface area contributed by atoms with E-state index in [2.05, 4.69) is 4.52 Å². The maximum Gasteiger partial charge on any atom is 0.329 e. The van der Waals surface area contributed by atoms with Gasteiger partial charge in [0.15, 0.2) is 0 Å². The Labute approximate surface area is 67.5 Å². The highest BCUT2D eigenvalue weighted by molar-refractivity contribution is 7.40. The van der Waals surface area contributed by atoms with Crippen LogP contribution in [0.1, 0.15) is 19.8 Å². The van der Waals surface area contributed by atoms with E-state index in [4.69, 9.17) is 9.42 Å². The molecule has 0 saturated heterocycles. The third-order valence-corrected chi connectivity index (χ3v) is 1.75. The predicted octanol–water partition coefficient (Wildman–Crippen LogP) is 1.24. The van der Waals surface area contributed by atoms with Gasteiger partial charge in [0.1, 0.15) is 5.78 Å². The molecule has 0 fully saturated rings. The average Bonchev–Trinajstić information content (AvgIpc) is 1.97. The topological polar surface area (TPSA) is 55.8 Å². The van der Waals surface area contributed by atoms with Crippen LogP contribution < -0.4 is 0 Å². The van der Waals surface area contributed by atoms with E-state index in [9.17, 15) is 4.79 Å². The van der Waals surface area contributed by atoms with Crippen LogP contribution in [0.5, 0.6) is 0 Å². The summed E-state index contributed by atoms with van der Waals surface area (Å²) in [4.78, 5) is 19.2. The molecule has 66 valence electrons. The lowest BCUT2D eigenvalue weighted by atomic mass is 10.2. The zero-order chi connectivity index (χ0) is 8.69. The lowest BCUT2D eigenvalue weighted by molar-refractivity contribution is -0.117. The first-order valence-corrected chi connectivity index (χ1v) is 4.45. The van der Waals surface area contributed by atoms with E-state index >= 15 is 0 Å². The van der Waals surface area contributed by atoms with Crippen LogP contribution in [0, 0.1) is 0 Å². The minimum Gasteiger partial charge on any atom is -0.328 e. The third kappa shape index (κ3) is 7.88. The molecule has 0 aliphatic carbocycles. The predicted molar refractivity (Wildman–Crippen MR) is 42.0 cm³/mol. The van der Waals surface area contributed by atoms with Crippen molar-refractivity contribution in [1.29, 1.82) is 0 Å². The summed E-state index contributed by atoms with van der Waals surface area (Å²) in [5.41, 5.74) is 0. The van der Waals surface area contributed by atoms with E-state index in [-0.39, 0.29) is 5.78 Å². The quantitative estimate of drug-likeness (QED) is 0.493. The van der Waals surface area contributed by atoms with Gasteiger partial charge in [0.25, 0.3) is 0 Å². The Morgan fingerprint density at radius 1 is 1.64 bits per heavy atom. The van der Waals surface area contributed by atoms with Crippen molar-refractivity contribution in [1.82, 2.24) is 0 Å². The van der Waals surface area contributed by atoms with Crippen LogP contribution in [0.4, 0.5) is 0 Å². The molecular weight excluding hydrogens is 167 g/mol. The van der Waals surface area contributed by atoms with Crippen LogP contribution in [0.2, 0.25) is 0 Å². The zero-order valence-electron chi connectivity index (χ0n) is 6.74. The molecule has 0 aromatic heterocycles. The first-order chi connectivity index (χ1) is 5.16. The molecule has 5 heteroatoms. The van der Waals surface area contributed by atoms with Gasteiger partial charge in [-0.1, -0.05) is 0 Å². The van der Waals surface area contributed by atoms with Crippen molar-refractivity contribution in [2.75, 3.05) is 13.7 Å². The Morgan fingerprint density at radius 2 is 2.27 bits per heavy atom. The normalized spacial score (nSPS) is 13.0. The number of ketones is 1. The van der Waals surface area contributed by atoms with Gasteiger partial charge in [0, 0.05) is 13.5 Å². The molecule has 0 saturated carbocycles. The van der Waals surface area contributed by atoms with Gasteiger partial charge < -0.3 is 18.7 Å². The summed E-state index contributed by atoms with van der Waals surface area (Å²) in [6, 6.07) is 0. The molecule has 0 aliphatic rings. The van der Waals surface area contributed by atoms with Crippen molar-refractivity contribution in [3.63, 3.8) is 0 Å². The molecule has 0 amide bonds. The molecule has 0 aromatic carbocycles. The largest absolute Gasteiger partial charge is 0.329 e. The van der Waals surface area contributed by atoms with Gasteiger partial charge in [-0.2, -0.15) is 0 Å². The van der Waals surface area contributed by atoms with Crippen LogP contribution in [0.3, 0.4) is 0 Å². The van der Waals surface area contributed by atoms with Gasteiger partial charge in [-0.15, -0.1) is 0 Å². The van der Waals surface area contributed by atoms with Gasteiger partial charge >= 0.3 is 8.60 Å². The highest BCUT2D eigenvalue weighted by Crippen LogP contribution is 2.30. The average molecular weight is 180 g/mol. The molecule has 4 nitrogen and oxygen atoms in total. The maximum absolute atomic E-state index is 10.4. The summed E-state index contributed by atoms with van der Waals surface area (Å²) in [6.45, 7) is 1.90. The minimum absolute atomic E-state index is 0.133. The Kier molecular flexibility index (Phi) is 6.66. The fraction of sp³-hybridized carbons (Fsp3) is 0.833. The number of Topliss-reactive ketones (excluding diaryl/α,β-unsaturated/α-hetero) is 1. The third-order valence-electron chi connectivity index (χ3n) is 1.03. The molecular formula is C6H13O4P. The second-order valence-corrected chi connectivity index (χ2v) is 3.16. The van der Waals surface area contributed by atoms with Crippen molar-refractivity contribution in [3.05, 3.63) is 0 Å². The number of carbonyl (C=O) groups is 1. The van der Waals surface area contributed by atoms with Crippen LogP contribution in [0.25, 0.3) is 0 Å². The van der Waals surface area contributed by atoms with Crippen molar-refractivity contribution in [3.8, 4) is 0 Å². The molecule has 0 radical (unpaired) electrons. The fourth-order valence-corrected chi connectivity index (χ4v) is 0.907. The molecule has 0 bridgehead atoms. The van der Waals surface area contributed by atoms with Gasteiger partial charge in [-0.25, -0.2) is 0 Å². The van der Waals surface area contributed by atoms with Crippen molar-refractivity contribution in [2.45, 2.75) is 19.8 Å². The second kappa shape index (κ2) is 6.68. The molecule has 1 N–H and O–H groups in total. The Hall–Kier alpha value is -0.0200. The molecule has 0 spiro atoms. The molecule has 11 heavy (non-hydrogen) atoms. The second-order valence-electron chi connectivity index (χ2n) is 2.06. The number of hydrogen-bond acceptors (Lipinski definition) is 4. The van der Waals surface area contributed by atoms with Gasteiger partial charge in [-0.05, 0) is 13.3 Å². The van der Waals surface area contributed by atoms with E-state index in [1.165, 1.54) is 14.0 Å². The summed E-state index contributed by atoms with van der Waals surface area (Å²) in [5, 5.41) is 0. The number of rotatable bonds is 6. The Bertz CT molecular complexity index is 117. The highest BCUT2D eigenvalue weighted by Gasteiger charge is 2.02. The van der Waals surface area contributed by atoms with E-state index in [0.717, 1.165) is 0 Å². The van der Waals surface area contributed by atoms with Crippen LogP contribution in [0.15, 0.2) is 0 Å². The van der Waals surface area contributed by atoms with Gasteiger partial charge in [0.2, 0.25) is 0 Å². The van der Waals surface area contributed by atoms with Gasteiger partial charge in [-0.3, -0.25) is 0 Å². The highest BCUT2D eigenvalue weighted by atomic mass is 31.2. The minimum atomic E-state index is -1.72. The SMILES string of the molecule is COP(O)OCCCC(C)=O. The zero-order valence-corrected chi connectivity index (χ0v) is 7.63. The molecule has 0 rings (SSSR count). The van der Waals surface area contributed by atoms with Crippen molar-refractivity contribution < 1.29 is 18.7 Å². The first kappa shape index (κ1) is 11.0. The number of carbonyl (C=O) groups excluding carboxylic acids is 1. The molecule has 0 aromatic rings. The van der Waals surface area contributed by atoms with Crippen LogP contribution in [-0.4, -0.2) is 24.4 Å².